The van der Waals surface area contributed by atoms with E-state index in [0.29, 0.717) is 12.1 Å². The predicted octanol–water partition coefficient (Wildman–Crippen LogP) is 2.40. The van der Waals surface area contributed by atoms with Gasteiger partial charge in [-0.3, -0.25) is 4.79 Å². The minimum atomic E-state index is -0.0815. The maximum absolute atomic E-state index is 12.1. The number of aromatic nitrogens is 1. The first-order valence-electron chi connectivity index (χ1n) is 8.28. The number of rotatable bonds is 8. The largest absolute Gasteiger partial charge is 0.353 e. The van der Waals surface area contributed by atoms with Gasteiger partial charge in [0.1, 0.15) is 5.82 Å². The van der Waals surface area contributed by atoms with Gasteiger partial charge in [0.15, 0.2) is 0 Å². The smallest absolute Gasteiger partial charge is 0.252 e. The highest BCUT2D eigenvalue weighted by Gasteiger charge is 2.09. The average molecular weight is 326 g/mol. The standard InChI is InChI=1S/C19H26N4O/c1-4-23(15-16-8-6-5-7-9-16)18-11-10-17(14-21-18)19(24)20-12-13-22(2)3/h5-11,14H,4,12-13,15H2,1-3H3,(H,20,24). The van der Waals surface area contributed by atoms with E-state index in [2.05, 4.69) is 34.3 Å². The van der Waals surface area contributed by atoms with Crippen LogP contribution in [0.15, 0.2) is 48.7 Å². The fraction of sp³-hybridized carbons (Fsp3) is 0.368. The Morgan fingerprint density at radius 1 is 1.12 bits per heavy atom. The van der Waals surface area contributed by atoms with Crippen LogP contribution in [-0.2, 0) is 6.54 Å². The molecular weight excluding hydrogens is 300 g/mol. The van der Waals surface area contributed by atoms with Crippen LogP contribution in [0.3, 0.4) is 0 Å². The van der Waals surface area contributed by atoms with Crippen molar-refractivity contribution in [2.45, 2.75) is 13.5 Å². The molecule has 0 atom stereocenters. The maximum Gasteiger partial charge on any atom is 0.252 e. The second-order valence-electron chi connectivity index (χ2n) is 5.96. The summed E-state index contributed by atoms with van der Waals surface area (Å²) in [5.41, 5.74) is 1.83. The molecule has 1 aromatic carbocycles. The van der Waals surface area contributed by atoms with Crippen LogP contribution in [0.25, 0.3) is 0 Å². The molecule has 128 valence electrons. The first-order chi connectivity index (χ1) is 11.6. The number of hydrogen-bond donors (Lipinski definition) is 1. The van der Waals surface area contributed by atoms with Crippen LogP contribution in [0.1, 0.15) is 22.8 Å². The Kier molecular flexibility index (Phi) is 6.75. The zero-order valence-corrected chi connectivity index (χ0v) is 14.7. The Morgan fingerprint density at radius 3 is 2.46 bits per heavy atom. The number of amides is 1. The van der Waals surface area contributed by atoms with Gasteiger partial charge in [-0.25, -0.2) is 4.98 Å². The Bertz CT molecular complexity index is 626. The van der Waals surface area contributed by atoms with Crippen molar-refractivity contribution in [2.75, 3.05) is 38.6 Å². The van der Waals surface area contributed by atoms with E-state index in [4.69, 9.17) is 0 Å². The van der Waals surface area contributed by atoms with Crippen LogP contribution >= 0.6 is 0 Å². The summed E-state index contributed by atoms with van der Waals surface area (Å²) in [7, 11) is 3.96. The van der Waals surface area contributed by atoms with Gasteiger partial charge in [0.05, 0.1) is 5.56 Å². The molecule has 0 saturated carbocycles. The number of carbonyl (C=O) groups is 1. The minimum absolute atomic E-state index is 0.0815. The summed E-state index contributed by atoms with van der Waals surface area (Å²) in [5.74, 6) is 0.799. The van der Waals surface area contributed by atoms with E-state index in [9.17, 15) is 4.79 Å². The lowest BCUT2D eigenvalue weighted by Gasteiger charge is -2.22. The molecule has 0 unspecified atom stereocenters. The van der Waals surface area contributed by atoms with Crippen LogP contribution < -0.4 is 10.2 Å². The van der Waals surface area contributed by atoms with Crippen molar-refractivity contribution in [1.29, 1.82) is 0 Å². The molecular formula is C19H26N4O. The minimum Gasteiger partial charge on any atom is -0.353 e. The molecule has 1 N–H and O–H groups in total. The molecule has 1 aromatic heterocycles. The molecule has 0 spiro atoms. The molecule has 0 aliphatic rings. The summed E-state index contributed by atoms with van der Waals surface area (Å²) >= 11 is 0. The zero-order chi connectivity index (χ0) is 17.4. The number of benzene rings is 1. The van der Waals surface area contributed by atoms with Gasteiger partial charge in [0.25, 0.3) is 5.91 Å². The second kappa shape index (κ2) is 9.03. The summed E-state index contributed by atoms with van der Waals surface area (Å²) in [6.45, 7) is 5.21. The number of likely N-dealkylation sites (N-methyl/N-ethyl adjacent to an activating group) is 1. The van der Waals surface area contributed by atoms with Crippen molar-refractivity contribution in [1.82, 2.24) is 15.2 Å². The van der Waals surface area contributed by atoms with Gasteiger partial charge in [-0.15, -0.1) is 0 Å². The van der Waals surface area contributed by atoms with Crippen molar-refractivity contribution in [2.24, 2.45) is 0 Å². The van der Waals surface area contributed by atoms with Crippen LogP contribution in [0, 0.1) is 0 Å². The van der Waals surface area contributed by atoms with E-state index >= 15 is 0 Å². The maximum atomic E-state index is 12.1. The molecule has 1 heterocycles. The molecule has 24 heavy (non-hydrogen) atoms. The third kappa shape index (κ3) is 5.35. The van der Waals surface area contributed by atoms with E-state index in [1.165, 1.54) is 5.56 Å². The highest BCUT2D eigenvalue weighted by atomic mass is 16.1. The molecule has 0 saturated heterocycles. The van der Waals surface area contributed by atoms with Gasteiger partial charge < -0.3 is 15.1 Å². The van der Waals surface area contributed by atoms with Gasteiger partial charge >= 0.3 is 0 Å². The highest BCUT2D eigenvalue weighted by Crippen LogP contribution is 2.14. The summed E-state index contributed by atoms with van der Waals surface area (Å²) in [6, 6.07) is 14.1. The number of pyridine rings is 1. The fourth-order valence-electron chi connectivity index (χ4n) is 2.36. The lowest BCUT2D eigenvalue weighted by molar-refractivity contribution is 0.0950. The van der Waals surface area contributed by atoms with Crippen molar-refractivity contribution in [3.05, 3.63) is 59.8 Å². The summed E-state index contributed by atoms with van der Waals surface area (Å²) in [4.78, 5) is 20.8. The summed E-state index contributed by atoms with van der Waals surface area (Å²) in [6.07, 6.45) is 1.65. The quantitative estimate of drug-likeness (QED) is 0.809. The highest BCUT2D eigenvalue weighted by molar-refractivity contribution is 5.94. The molecule has 2 aromatic rings. The Morgan fingerprint density at radius 2 is 1.88 bits per heavy atom. The molecule has 0 bridgehead atoms. The van der Waals surface area contributed by atoms with Gasteiger partial charge in [-0.05, 0) is 38.7 Å². The molecule has 0 fully saturated rings. The lowest BCUT2D eigenvalue weighted by Crippen LogP contribution is -2.31. The lowest BCUT2D eigenvalue weighted by atomic mass is 10.2. The Hall–Kier alpha value is -2.40. The van der Waals surface area contributed by atoms with Crippen molar-refractivity contribution >= 4 is 11.7 Å². The summed E-state index contributed by atoms with van der Waals surface area (Å²) < 4.78 is 0. The van der Waals surface area contributed by atoms with Gasteiger partial charge in [-0.1, -0.05) is 30.3 Å². The number of hydrogen-bond acceptors (Lipinski definition) is 4. The molecule has 2 rings (SSSR count). The Balaban J connectivity index is 1.97. The first kappa shape index (κ1) is 17.9. The monoisotopic (exact) mass is 326 g/mol. The van der Waals surface area contributed by atoms with E-state index in [1.54, 1.807) is 6.20 Å². The molecule has 0 aliphatic carbocycles. The van der Waals surface area contributed by atoms with E-state index in [1.807, 2.05) is 49.3 Å². The van der Waals surface area contributed by atoms with Crippen molar-refractivity contribution in [3.63, 3.8) is 0 Å². The fourth-order valence-corrected chi connectivity index (χ4v) is 2.36. The average Bonchev–Trinajstić information content (AvgIpc) is 2.60. The molecule has 1 amide bonds. The van der Waals surface area contributed by atoms with Gasteiger partial charge in [0.2, 0.25) is 0 Å². The number of carbonyl (C=O) groups excluding carboxylic acids is 1. The van der Waals surface area contributed by atoms with E-state index in [-0.39, 0.29) is 5.91 Å². The van der Waals surface area contributed by atoms with E-state index < -0.39 is 0 Å². The summed E-state index contributed by atoms with van der Waals surface area (Å²) in [5, 5.41) is 2.90. The van der Waals surface area contributed by atoms with Crippen LogP contribution in [0.5, 0.6) is 0 Å². The number of nitrogens with zero attached hydrogens (tertiary/aromatic N) is 3. The van der Waals surface area contributed by atoms with Crippen LogP contribution in [-0.4, -0.2) is 49.5 Å². The third-order valence-electron chi connectivity index (χ3n) is 3.78. The molecule has 0 radical (unpaired) electrons. The Labute approximate surface area is 144 Å². The van der Waals surface area contributed by atoms with Gasteiger partial charge in [-0.2, -0.15) is 0 Å². The third-order valence-corrected chi connectivity index (χ3v) is 3.78. The zero-order valence-electron chi connectivity index (χ0n) is 14.7. The van der Waals surface area contributed by atoms with E-state index in [0.717, 1.165) is 25.5 Å². The van der Waals surface area contributed by atoms with Crippen molar-refractivity contribution < 1.29 is 4.79 Å². The van der Waals surface area contributed by atoms with Gasteiger partial charge in [0, 0.05) is 32.4 Å². The number of anilines is 1. The molecule has 0 aliphatic heterocycles. The molecule has 5 nitrogen and oxygen atoms in total. The normalized spacial score (nSPS) is 10.7. The van der Waals surface area contributed by atoms with Crippen LogP contribution in [0.4, 0.5) is 5.82 Å². The second-order valence-corrected chi connectivity index (χ2v) is 5.96. The molecule has 5 heteroatoms. The topological polar surface area (TPSA) is 48.5 Å². The predicted molar refractivity (Wildman–Crippen MR) is 98.3 cm³/mol. The van der Waals surface area contributed by atoms with Crippen LogP contribution in [0.2, 0.25) is 0 Å². The SMILES string of the molecule is CCN(Cc1ccccc1)c1ccc(C(=O)NCCN(C)C)cn1. The first-order valence-corrected chi connectivity index (χ1v) is 8.28. The number of nitrogens with one attached hydrogen (secondary N) is 1. The van der Waals surface area contributed by atoms with Crippen molar-refractivity contribution in [3.8, 4) is 0 Å².